The average Bonchev–Trinajstić information content (AvgIpc) is 2.99. The Morgan fingerprint density at radius 2 is 2.05 bits per heavy atom. The second kappa shape index (κ2) is 8.72. The molecule has 1 aliphatic carbocycles. The minimum Gasteiger partial charge on any atom is -0.494 e. The summed E-state index contributed by atoms with van der Waals surface area (Å²) in [6.07, 6.45) is 4.40. The molecule has 1 fully saturated rings. The van der Waals surface area contributed by atoms with Crippen molar-refractivity contribution in [3.05, 3.63) is 24.3 Å². The predicted octanol–water partition coefficient (Wildman–Crippen LogP) is 2.30. The zero-order valence-corrected chi connectivity index (χ0v) is 14.5. The summed E-state index contributed by atoms with van der Waals surface area (Å²) in [7, 11) is -3.56. The van der Waals surface area contributed by atoms with Crippen LogP contribution < -0.4 is 15.2 Å². The molecular weight excluding hydrogens is 324 g/mol. The Labute approximate surface area is 139 Å². The molecule has 0 aliphatic heterocycles. The monoisotopic (exact) mass is 348 g/mol. The summed E-state index contributed by atoms with van der Waals surface area (Å²) in [5.41, 5.74) is 5.76. The van der Waals surface area contributed by atoms with Gasteiger partial charge < -0.3 is 10.5 Å². The van der Waals surface area contributed by atoms with Gasteiger partial charge in [0.15, 0.2) is 0 Å². The van der Waals surface area contributed by atoms with Crippen molar-refractivity contribution in [1.82, 2.24) is 4.72 Å². The average molecular weight is 349 g/mol. The summed E-state index contributed by atoms with van der Waals surface area (Å²) in [6, 6.07) is 6.38. The molecule has 7 heteroatoms. The second-order valence-corrected chi connectivity index (χ2v) is 7.13. The molecule has 0 bridgehead atoms. The standard InChI is InChI=1S/C15H24N2O3S.ClH/c1-2-20-13-8-5-9-14(10-13)21(18,19)17-15(11-16)12-6-3-4-7-12;/h5,8-10,12,15,17H,2-4,6-7,11,16H2,1H3;1H. The summed E-state index contributed by atoms with van der Waals surface area (Å²) in [6.45, 7) is 2.70. The fourth-order valence-electron chi connectivity index (χ4n) is 2.86. The highest BCUT2D eigenvalue weighted by Gasteiger charge is 2.28. The van der Waals surface area contributed by atoms with Crippen LogP contribution in [0.2, 0.25) is 0 Å². The lowest BCUT2D eigenvalue weighted by atomic mass is 9.99. The van der Waals surface area contributed by atoms with Crippen LogP contribution in [0.4, 0.5) is 0 Å². The van der Waals surface area contributed by atoms with Crippen molar-refractivity contribution < 1.29 is 13.2 Å². The van der Waals surface area contributed by atoms with E-state index in [1.807, 2.05) is 6.92 Å². The highest BCUT2D eigenvalue weighted by atomic mass is 35.5. The third kappa shape index (κ3) is 4.84. The zero-order chi connectivity index (χ0) is 15.3. The number of nitrogens with one attached hydrogen (secondary N) is 1. The Hall–Kier alpha value is -0.820. The van der Waals surface area contributed by atoms with Crippen LogP contribution in [-0.4, -0.2) is 27.6 Å². The molecule has 0 radical (unpaired) electrons. The molecule has 1 aliphatic rings. The molecule has 0 spiro atoms. The predicted molar refractivity (Wildman–Crippen MR) is 90.0 cm³/mol. The molecule has 126 valence electrons. The summed E-state index contributed by atoms with van der Waals surface area (Å²) >= 11 is 0. The van der Waals surface area contributed by atoms with Crippen molar-refractivity contribution in [3.63, 3.8) is 0 Å². The number of hydrogen-bond donors (Lipinski definition) is 2. The van der Waals surface area contributed by atoms with E-state index in [0.29, 0.717) is 24.8 Å². The minimum absolute atomic E-state index is 0. The van der Waals surface area contributed by atoms with E-state index in [4.69, 9.17) is 10.5 Å². The lowest BCUT2D eigenvalue weighted by Gasteiger charge is -2.23. The van der Waals surface area contributed by atoms with Crippen LogP contribution in [0, 0.1) is 5.92 Å². The number of sulfonamides is 1. The van der Waals surface area contributed by atoms with E-state index in [2.05, 4.69) is 4.72 Å². The first-order valence-corrected chi connectivity index (χ1v) is 9.00. The Morgan fingerprint density at radius 3 is 2.64 bits per heavy atom. The maximum Gasteiger partial charge on any atom is 0.241 e. The summed E-state index contributed by atoms with van der Waals surface area (Å²) < 4.78 is 33.1. The second-order valence-electron chi connectivity index (χ2n) is 5.42. The van der Waals surface area contributed by atoms with E-state index in [9.17, 15) is 8.42 Å². The van der Waals surface area contributed by atoms with Gasteiger partial charge in [-0.1, -0.05) is 18.9 Å². The van der Waals surface area contributed by atoms with Gasteiger partial charge in [0.25, 0.3) is 0 Å². The molecule has 1 aromatic carbocycles. The van der Waals surface area contributed by atoms with Gasteiger partial charge >= 0.3 is 0 Å². The lowest BCUT2D eigenvalue weighted by Crippen LogP contribution is -2.44. The molecule has 1 aromatic rings. The van der Waals surface area contributed by atoms with Gasteiger partial charge in [-0.25, -0.2) is 13.1 Å². The molecule has 1 unspecified atom stereocenters. The fourth-order valence-corrected chi connectivity index (χ4v) is 4.21. The maximum absolute atomic E-state index is 12.5. The molecule has 22 heavy (non-hydrogen) atoms. The summed E-state index contributed by atoms with van der Waals surface area (Å²) in [5.74, 6) is 0.908. The number of benzene rings is 1. The van der Waals surface area contributed by atoms with Gasteiger partial charge in [0, 0.05) is 18.7 Å². The van der Waals surface area contributed by atoms with Gasteiger partial charge in [-0.2, -0.15) is 0 Å². The van der Waals surface area contributed by atoms with E-state index in [1.54, 1.807) is 24.3 Å². The SMILES string of the molecule is CCOc1cccc(S(=O)(=O)NC(CN)C2CCCC2)c1.Cl. The molecule has 0 heterocycles. The first-order chi connectivity index (χ1) is 10.1. The van der Waals surface area contributed by atoms with Crippen molar-refractivity contribution in [3.8, 4) is 5.75 Å². The van der Waals surface area contributed by atoms with Gasteiger partial charge in [-0.3, -0.25) is 0 Å². The normalized spacial score (nSPS) is 17.0. The minimum atomic E-state index is -3.56. The number of hydrogen-bond acceptors (Lipinski definition) is 4. The van der Waals surface area contributed by atoms with Gasteiger partial charge in [0.1, 0.15) is 5.75 Å². The Bertz CT molecular complexity index is 560. The van der Waals surface area contributed by atoms with Gasteiger partial charge in [-0.05, 0) is 37.8 Å². The molecule has 1 atom stereocenters. The fraction of sp³-hybridized carbons (Fsp3) is 0.600. The number of halogens is 1. The molecule has 2 rings (SSSR count). The maximum atomic E-state index is 12.5. The van der Waals surface area contributed by atoms with Crippen LogP contribution in [0.15, 0.2) is 29.2 Å². The Kier molecular flexibility index (Phi) is 7.62. The van der Waals surface area contributed by atoms with Crippen molar-refractivity contribution in [2.24, 2.45) is 11.7 Å². The first kappa shape index (κ1) is 19.2. The van der Waals surface area contributed by atoms with Gasteiger partial charge in [0.05, 0.1) is 11.5 Å². The third-order valence-corrected chi connectivity index (χ3v) is 5.44. The molecule has 0 saturated heterocycles. The van der Waals surface area contributed by atoms with Crippen LogP contribution in [0.25, 0.3) is 0 Å². The Morgan fingerprint density at radius 1 is 1.36 bits per heavy atom. The number of ether oxygens (including phenoxy) is 1. The van der Waals surface area contributed by atoms with E-state index >= 15 is 0 Å². The molecule has 1 saturated carbocycles. The van der Waals surface area contributed by atoms with Gasteiger partial charge in [-0.15, -0.1) is 12.4 Å². The highest BCUT2D eigenvalue weighted by molar-refractivity contribution is 7.89. The number of nitrogens with two attached hydrogens (primary N) is 1. The molecule has 5 nitrogen and oxygen atoms in total. The van der Waals surface area contributed by atoms with E-state index in [1.165, 1.54) is 0 Å². The van der Waals surface area contributed by atoms with E-state index in [-0.39, 0.29) is 23.3 Å². The highest BCUT2D eigenvalue weighted by Crippen LogP contribution is 2.28. The van der Waals surface area contributed by atoms with E-state index < -0.39 is 10.0 Å². The largest absolute Gasteiger partial charge is 0.494 e. The van der Waals surface area contributed by atoms with Crippen molar-refractivity contribution >= 4 is 22.4 Å². The smallest absolute Gasteiger partial charge is 0.241 e. The quantitative estimate of drug-likeness (QED) is 0.792. The van der Waals surface area contributed by atoms with Crippen molar-refractivity contribution in [1.29, 1.82) is 0 Å². The van der Waals surface area contributed by atoms with Crippen LogP contribution >= 0.6 is 12.4 Å². The van der Waals surface area contributed by atoms with Gasteiger partial charge in [0.2, 0.25) is 10.0 Å². The molecule has 0 aromatic heterocycles. The van der Waals surface area contributed by atoms with Crippen molar-refractivity contribution in [2.45, 2.75) is 43.5 Å². The van der Waals surface area contributed by atoms with Crippen LogP contribution in [-0.2, 0) is 10.0 Å². The Balaban J connectivity index is 0.00000242. The van der Waals surface area contributed by atoms with Crippen LogP contribution in [0.1, 0.15) is 32.6 Å². The molecule has 0 amide bonds. The lowest BCUT2D eigenvalue weighted by molar-refractivity contribution is 0.339. The van der Waals surface area contributed by atoms with Crippen LogP contribution in [0.5, 0.6) is 5.75 Å². The topological polar surface area (TPSA) is 81.4 Å². The zero-order valence-electron chi connectivity index (χ0n) is 12.8. The van der Waals surface area contributed by atoms with E-state index in [0.717, 1.165) is 25.7 Å². The molecule has 3 N–H and O–H groups in total. The third-order valence-electron chi connectivity index (χ3n) is 3.96. The number of rotatable bonds is 7. The first-order valence-electron chi connectivity index (χ1n) is 7.52. The summed E-state index contributed by atoms with van der Waals surface area (Å²) in [5, 5.41) is 0. The molecular formula is C15H25ClN2O3S. The van der Waals surface area contributed by atoms with Crippen LogP contribution in [0.3, 0.4) is 0 Å². The summed E-state index contributed by atoms with van der Waals surface area (Å²) in [4.78, 5) is 0.227. The van der Waals surface area contributed by atoms with Crippen molar-refractivity contribution in [2.75, 3.05) is 13.2 Å².